The van der Waals surface area contributed by atoms with E-state index in [-0.39, 0.29) is 15.8 Å². The summed E-state index contributed by atoms with van der Waals surface area (Å²) in [4.78, 5) is 10.8. The van der Waals surface area contributed by atoms with Gasteiger partial charge in [-0.3, -0.25) is 0 Å². The van der Waals surface area contributed by atoms with Crippen LogP contribution in [-0.2, 0) is 10.0 Å². The molecule has 1 aromatic heterocycles. The number of thiophene rings is 1. The topological polar surface area (TPSA) is 83.5 Å². The molecule has 0 bridgehead atoms. The van der Waals surface area contributed by atoms with Crippen molar-refractivity contribution in [2.75, 3.05) is 0 Å². The Morgan fingerprint density at radius 1 is 1.50 bits per heavy atom. The minimum absolute atomic E-state index is 0.0189. The molecule has 20 heavy (non-hydrogen) atoms. The Bertz CT molecular complexity index is 579. The quantitative estimate of drug-likeness (QED) is 0.874. The maximum Gasteiger partial charge on any atom is 0.336 e. The summed E-state index contributed by atoms with van der Waals surface area (Å²) in [6.07, 6.45) is 4.99. The van der Waals surface area contributed by atoms with Crippen molar-refractivity contribution < 1.29 is 18.3 Å². The smallest absolute Gasteiger partial charge is 0.336 e. The third kappa shape index (κ3) is 3.59. The molecule has 1 aliphatic rings. The van der Waals surface area contributed by atoms with Crippen LogP contribution in [0.15, 0.2) is 15.7 Å². The number of hydrogen-bond donors (Lipinski definition) is 2. The molecule has 2 rings (SSSR count). The highest BCUT2D eigenvalue weighted by molar-refractivity contribution is 7.91. The summed E-state index contributed by atoms with van der Waals surface area (Å²) in [5.41, 5.74) is 0.0189. The maximum atomic E-state index is 12.2. The SMILES string of the molecule is CCC1CCCC(NS(=O)(=O)c2cc(C(=O)O)cs2)C1. The van der Waals surface area contributed by atoms with Crippen LogP contribution in [0.5, 0.6) is 0 Å². The fourth-order valence-electron chi connectivity index (χ4n) is 2.62. The van der Waals surface area contributed by atoms with Crippen LogP contribution in [0, 0.1) is 5.92 Å². The molecule has 0 amide bonds. The number of aromatic carboxylic acids is 1. The fraction of sp³-hybridized carbons (Fsp3) is 0.615. The first-order valence-corrected chi connectivity index (χ1v) is 9.13. The van der Waals surface area contributed by atoms with Crippen molar-refractivity contribution in [3.05, 3.63) is 17.0 Å². The minimum Gasteiger partial charge on any atom is -0.478 e. The first kappa shape index (κ1) is 15.5. The molecule has 1 heterocycles. The van der Waals surface area contributed by atoms with Crippen LogP contribution in [0.2, 0.25) is 0 Å². The van der Waals surface area contributed by atoms with Gasteiger partial charge in [-0.25, -0.2) is 17.9 Å². The van der Waals surface area contributed by atoms with Crippen LogP contribution >= 0.6 is 11.3 Å². The first-order chi connectivity index (χ1) is 9.42. The maximum absolute atomic E-state index is 12.2. The lowest BCUT2D eigenvalue weighted by molar-refractivity contribution is 0.0697. The van der Waals surface area contributed by atoms with Crippen molar-refractivity contribution in [3.63, 3.8) is 0 Å². The fourth-order valence-corrected chi connectivity index (χ4v) is 5.07. The average molecular weight is 317 g/mol. The highest BCUT2D eigenvalue weighted by atomic mass is 32.2. The van der Waals surface area contributed by atoms with Gasteiger partial charge in [0.05, 0.1) is 5.56 Å². The van der Waals surface area contributed by atoms with Gasteiger partial charge in [-0.1, -0.05) is 26.2 Å². The predicted molar refractivity (Wildman–Crippen MR) is 77.6 cm³/mol. The van der Waals surface area contributed by atoms with Crippen molar-refractivity contribution >= 4 is 27.3 Å². The molecule has 0 aliphatic heterocycles. The van der Waals surface area contributed by atoms with Gasteiger partial charge in [0.25, 0.3) is 0 Å². The van der Waals surface area contributed by atoms with Crippen LogP contribution in [0.4, 0.5) is 0 Å². The standard InChI is InChI=1S/C13H19NO4S2/c1-2-9-4-3-5-11(6-9)14-20(17,18)12-7-10(8-19-12)13(15)16/h7-9,11,14H,2-6H2,1H3,(H,15,16). The molecule has 0 saturated heterocycles. The van der Waals surface area contributed by atoms with Gasteiger partial charge in [-0.2, -0.15) is 0 Å². The second kappa shape index (κ2) is 6.24. The number of carboxylic acid groups (broad SMARTS) is 1. The van der Waals surface area contributed by atoms with E-state index in [4.69, 9.17) is 5.11 Å². The molecule has 5 nitrogen and oxygen atoms in total. The minimum atomic E-state index is -3.60. The van der Waals surface area contributed by atoms with Crippen LogP contribution in [0.3, 0.4) is 0 Å². The number of sulfonamides is 1. The van der Waals surface area contributed by atoms with Crippen LogP contribution < -0.4 is 4.72 Å². The molecule has 1 aromatic rings. The van der Waals surface area contributed by atoms with E-state index in [1.807, 2.05) is 0 Å². The highest BCUT2D eigenvalue weighted by Gasteiger charge is 2.27. The number of nitrogens with one attached hydrogen (secondary N) is 1. The molecule has 1 fully saturated rings. The van der Waals surface area contributed by atoms with Crippen molar-refractivity contribution in [2.45, 2.75) is 49.3 Å². The number of carboxylic acids is 1. The van der Waals surface area contributed by atoms with Crippen molar-refractivity contribution in [2.24, 2.45) is 5.92 Å². The van der Waals surface area contributed by atoms with Gasteiger partial charge >= 0.3 is 5.97 Å². The first-order valence-electron chi connectivity index (χ1n) is 6.76. The molecule has 112 valence electrons. The van der Waals surface area contributed by atoms with E-state index < -0.39 is 16.0 Å². The van der Waals surface area contributed by atoms with Gasteiger partial charge in [-0.15, -0.1) is 11.3 Å². The molecule has 2 unspecified atom stereocenters. The molecule has 7 heteroatoms. The lowest BCUT2D eigenvalue weighted by Gasteiger charge is -2.28. The van der Waals surface area contributed by atoms with E-state index >= 15 is 0 Å². The molecule has 0 spiro atoms. The Labute approximate surface area is 123 Å². The van der Waals surface area contributed by atoms with Gasteiger partial charge in [0.15, 0.2) is 0 Å². The normalized spacial score (nSPS) is 23.6. The van der Waals surface area contributed by atoms with Gasteiger partial charge in [0.2, 0.25) is 10.0 Å². The Kier molecular flexibility index (Phi) is 4.82. The molecule has 1 aliphatic carbocycles. The van der Waals surface area contributed by atoms with Crippen molar-refractivity contribution in [3.8, 4) is 0 Å². The summed E-state index contributed by atoms with van der Waals surface area (Å²) in [6, 6.07) is 1.18. The Hall–Kier alpha value is -0.920. The summed E-state index contributed by atoms with van der Waals surface area (Å²) in [5.74, 6) is -0.527. The van der Waals surface area contributed by atoms with Crippen LogP contribution in [0.1, 0.15) is 49.4 Å². The molecule has 0 aromatic carbocycles. The van der Waals surface area contributed by atoms with Crippen molar-refractivity contribution in [1.82, 2.24) is 4.72 Å². The second-order valence-corrected chi connectivity index (χ2v) is 8.07. The molecule has 2 atom stereocenters. The van der Waals surface area contributed by atoms with E-state index in [9.17, 15) is 13.2 Å². The zero-order valence-corrected chi connectivity index (χ0v) is 13.0. The molecule has 2 N–H and O–H groups in total. The van der Waals surface area contributed by atoms with Gasteiger partial charge in [0.1, 0.15) is 4.21 Å². The van der Waals surface area contributed by atoms with Gasteiger partial charge in [-0.05, 0) is 24.8 Å². The lowest BCUT2D eigenvalue weighted by atomic mass is 9.85. The Morgan fingerprint density at radius 2 is 2.25 bits per heavy atom. The van der Waals surface area contributed by atoms with Crippen LogP contribution in [0.25, 0.3) is 0 Å². The van der Waals surface area contributed by atoms with Gasteiger partial charge in [0, 0.05) is 11.4 Å². The molecule has 1 saturated carbocycles. The zero-order chi connectivity index (χ0) is 14.8. The highest BCUT2D eigenvalue weighted by Crippen LogP contribution is 2.28. The third-order valence-electron chi connectivity index (χ3n) is 3.77. The predicted octanol–water partition coefficient (Wildman–Crippen LogP) is 2.69. The summed E-state index contributed by atoms with van der Waals surface area (Å²) < 4.78 is 27.3. The summed E-state index contributed by atoms with van der Waals surface area (Å²) in [6.45, 7) is 2.12. The summed E-state index contributed by atoms with van der Waals surface area (Å²) in [7, 11) is -3.60. The number of carbonyl (C=O) groups is 1. The van der Waals surface area contributed by atoms with Crippen molar-refractivity contribution in [1.29, 1.82) is 0 Å². The summed E-state index contributed by atoms with van der Waals surface area (Å²) >= 11 is 0.949. The number of rotatable bonds is 5. The summed E-state index contributed by atoms with van der Waals surface area (Å²) in [5, 5.41) is 10.2. The Morgan fingerprint density at radius 3 is 2.85 bits per heavy atom. The Balaban J connectivity index is 2.08. The molecular formula is C13H19NO4S2. The van der Waals surface area contributed by atoms with E-state index in [1.165, 1.54) is 11.4 Å². The lowest BCUT2D eigenvalue weighted by Crippen LogP contribution is -2.38. The van der Waals surface area contributed by atoms with E-state index in [0.29, 0.717) is 5.92 Å². The molecule has 0 radical (unpaired) electrons. The average Bonchev–Trinajstić information content (AvgIpc) is 2.89. The molecular weight excluding hydrogens is 298 g/mol. The third-order valence-corrected chi connectivity index (χ3v) is 6.73. The largest absolute Gasteiger partial charge is 0.478 e. The monoisotopic (exact) mass is 317 g/mol. The van der Waals surface area contributed by atoms with E-state index in [2.05, 4.69) is 11.6 Å². The van der Waals surface area contributed by atoms with Gasteiger partial charge < -0.3 is 5.11 Å². The second-order valence-electron chi connectivity index (χ2n) is 5.22. The zero-order valence-electron chi connectivity index (χ0n) is 11.3. The van der Waals surface area contributed by atoms with E-state index in [0.717, 1.165) is 43.4 Å². The number of hydrogen-bond acceptors (Lipinski definition) is 4. The van der Waals surface area contributed by atoms with E-state index in [1.54, 1.807) is 0 Å². The van der Waals surface area contributed by atoms with Crippen LogP contribution in [-0.4, -0.2) is 25.5 Å².